The molecule has 3 aromatic rings. The summed E-state index contributed by atoms with van der Waals surface area (Å²) in [5.74, 6) is 1.30. The molecule has 7 heteroatoms. The van der Waals surface area contributed by atoms with Crippen LogP contribution in [-0.2, 0) is 5.75 Å². The first-order valence-corrected chi connectivity index (χ1v) is 8.85. The Hall–Kier alpha value is -1.73. The molecule has 0 atom stereocenters. The topological polar surface area (TPSA) is 60.2 Å². The average molecular weight is 391 g/mol. The van der Waals surface area contributed by atoms with Crippen molar-refractivity contribution in [3.8, 4) is 0 Å². The number of hydrogen-bond donors (Lipinski definition) is 0. The molecule has 0 aliphatic carbocycles. The fraction of sp³-hybridized carbons (Fsp3) is 0.250. The van der Waals surface area contributed by atoms with Crippen molar-refractivity contribution in [2.45, 2.75) is 31.7 Å². The van der Waals surface area contributed by atoms with Crippen LogP contribution in [0.25, 0.3) is 5.78 Å². The Morgan fingerprint density at radius 1 is 1.22 bits per heavy atom. The van der Waals surface area contributed by atoms with Gasteiger partial charge >= 0.3 is 0 Å². The molecule has 3 rings (SSSR count). The van der Waals surface area contributed by atoms with Gasteiger partial charge in [-0.15, -0.1) is 5.10 Å². The van der Waals surface area contributed by atoms with Crippen LogP contribution >= 0.6 is 27.7 Å². The van der Waals surface area contributed by atoms with Gasteiger partial charge < -0.3 is 0 Å². The summed E-state index contributed by atoms with van der Waals surface area (Å²) in [5, 5.41) is 5.13. The molecule has 1 aromatic carbocycles. The zero-order chi connectivity index (χ0) is 16.6. The van der Waals surface area contributed by atoms with Gasteiger partial charge in [0.15, 0.2) is 5.78 Å². The van der Waals surface area contributed by atoms with Gasteiger partial charge in [-0.1, -0.05) is 39.8 Å². The van der Waals surface area contributed by atoms with Gasteiger partial charge in [0.2, 0.25) is 5.16 Å². The van der Waals surface area contributed by atoms with Crippen molar-refractivity contribution in [1.82, 2.24) is 19.6 Å². The molecule has 0 aliphatic heterocycles. The highest BCUT2D eigenvalue weighted by Crippen LogP contribution is 2.22. The summed E-state index contributed by atoms with van der Waals surface area (Å²) in [7, 11) is 0. The van der Waals surface area contributed by atoms with E-state index in [-0.39, 0.29) is 5.78 Å². The SMILES string of the molecule is CC(=O)c1c(C)nc2nc(SCc3ccc(Br)cc3)nn2c1C. The third-order valence-electron chi connectivity index (χ3n) is 3.51. The van der Waals surface area contributed by atoms with Crippen LogP contribution in [0.2, 0.25) is 0 Å². The zero-order valence-corrected chi connectivity index (χ0v) is 15.4. The Morgan fingerprint density at radius 2 is 1.91 bits per heavy atom. The van der Waals surface area contributed by atoms with Gasteiger partial charge in [-0.25, -0.2) is 4.98 Å². The third kappa shape index (κ3) is 3.30. The molecule has 5 nitrogen and oxygen atoms in total. The predicted molar refractivity (Wildman–Crippen MR) is 94.0 cm³/mol. The van der Waals surface area contributed by atoms with Crippen molar-refractivity contribution in [1.29, 1.82) is 0 Å². The highest BCUT2D eigenvalue weighted by molar-refractivity contribution is 9.10. The number of carbonyl (C=O) groups excluding carboxylic acids is 1. The number of hydrogen-bond acceptors (Lipinski definition) is 5. The second-order valence-electron chi connectivity index (χ2n) is 5.24. The van der Waals surface area contributed by atoms with Crippen molar-refractivity contribution < 1.29 is 4.79 Å². The minimum atomic E-state index is -0.00559. The number of aromatic nitrogens is 4. The largest absolute Gasteiger partial charge is 0.294 e. The minimum Gasteiger partial charge on any atom is -0.294 e. The molecule has 0 unspecified atom stereocenters. The van der Waals surface area contributed by atoms with Gasteiger partial charge in [0.25, 0.3) is 5.78 Å². The molecule has 118 valence electrons. The molecule has 0 radical (unpaired) electrons. The lowest BCUT2D eigenvalue weighted by Crippen LogP contribution is -2.09. The van der Waals surface area contributed by atoms with Gasteiger partial charge in [-0.2, -0.15) is 9.50 Å². The molecular weight excluding hydrogens is 376 g/mol. The van der Waals surface area contributed by atoms with Gasteiger partial charge in [0.1, 0.15) is 0 Å². The first-order chi connectivity index (χ1) is 11.0. The van der Waals surface area contributed by atoms with Crippen LogP contribution < -0.4 is 0 Å². The van der Waals surface area contributed by atoms with Crippen molar-refractivity contribution in [3.63, 3.8) is 0 Å². The van der Waals surface area contributed by atoms with Crippen LogP contribution in [0.5, 0.6) is 0 Å². The quantitative estimate of drug-likeness (QED) is 0.497. The number of Topliss-reactive ketones (excluding diaryl/α,β-unsaturated/α-hetero) is 1. The summed E-state index contributed by atoms with van der Waals surface area (Å²) in [6.45, 7) is 5.24. The summed E-state index contributed by atoms with van der Waals surface area (Å²) < 4.78 is 2.71. The van der Waals surface area contributed by atoms with Crippen molar-refractivity contribution >= 4 is 39.3 Å². The molecule has 0 aliphatic rings. The Balaban J connectivity index is 1.89. The smallest absolute Gasteiger partial charge is 0.253 e. The Kier molecular flexibility index (Phi) is 4.50. The number of carbonyl (C=O) groups is 1. The van der Waals surface area contributed by atoms with Gasteiger partial charge in [-0.05, 0) is 38.5 Å². The fourth-order valence-corrected chi connectivity index (χ4v) is 3.49. The number of ketones is 1. The number of rotatable bonds is 4. The van der Waals surface area contributed by atoms with E-state index in [1.807, 2.05) is 26.0 Å². The molecule has 0 fully saturated rings. The maximum absolute atomic E-state index is 11.8. The lowest BCUT2D eigenvalue weighted by Gasteiger charge is -2.06. The monoisotopic (exact) mass is 390 g/mol. The normalized spacial score (nSPS) is 11.1. The van der Waals surface area contributed by atoms with Gasteiger partial charge in [0.05, 0.1) is 17.0 Å². The summed E-state index contributed by atoms with van der Waals surface area (Å²) in [4.78, 5) is 20.6. The van der Waals surface area contributed by atoms with Gasteiger partial charge in [-0.3, -0.25) is 4.79 Å². The van der Waals surface area contributed by atoms with E-state index in [2.05, 4.69) is 43.1 Å². The molecule has 0 spiro atoms. The molecular formula is C16H15BrN4OS. The fourth-order valence-electron chi connectivity index (χ4n) is 2.46. The zero-order valence-electron chi connectivity index (χ0n) is 13.0. The molecule has 2 heterocycles. The summed E-state index contributed by atoms with van der Waals surface area (Å²) in [6.07, 6.45) is 0. The van der Waals surface area contributed by atoms with Crippen LogP contribution in [0.1, 0.15) is 34.2 Å². The summed E-state index contributed by atoms with van der Waals surface area (Å²) >= 11 is 4.98. The number of aryl methyl sites for hydroxylation is 2. The lowest BCUT2D eigenvalue weighted by molar-refractivity contribution is 0.101. The molecule has 2 aromatic heterocycles. The highest BCUT2D eigenvalue weighted by Gasteiger charge is 2.16. The lowest BCUT2D eigenvalue weighted by atomic mass is 10.1. The standard InChI is InChI=1S/C16H15BrN4OS/c1-9-14(11(3)22)10(2)21-15(18-9)19-16(20-21)23-8-12-4-6-13(17)7-5-12/h4-7H,8H2,1-3H3. The van der Waals surface area contributed by atoms with Gasteiger partial charge in [0, 0.05) is 10.2 Å². The molecule has 0 bridgehead atoms. The molecule has 0 saturated carbocycles. The Labute approximate surface area is 146 Å². The second kappa shape index (κ2) is 6.41. The van der Waals surface area contributed by atoms with Crippen LogP contribution in [0.4, 0.5) is 0 Å². The van der Waals surface area contributed by atoms with Crippen LogP contribution in [-0.4, -0.2) is 25.4 Å². The van der Waals surface area contributed by atoms with Crippen LogP contribution in [0, 0.1) is 13.8 Å². The van der Waals surface area contributed by atoms with E-state index >= 15 is 0 Å². The van der Waals surface area contributed by atoms with Crippen LogP contribution in [0.3, 0.4) is 0 Å². The van der Waals surface area contributed by atoms with Crippen molar-refractivity contribution in [2.24, 2.45) is 0 Å². The molecule has 23 heavy (non-hydrogen) atoms. The van der Waals surface area contributed by atoms with Crippen molar-refractivity contribution in [2.75, 3.05) is 0 Å². The van der Waals surface area contributed by atoms with E-state index in [9.17, 15) is 4.79 Å². The summed E-state index contributed by atoms with van der Waals surface area (Å²) in [5.41, 5.74) is 3.29. The third-order valence-corrected chi connectivity index (χ3v) is 4.95. The van der Waals surface area contributed by atoms with E-state index in [1.165, 1.54) is 5.56 Å². The second-order valence-corrected chi connectivity index (χ2v) is 7.09. The van der Waals surface area contributed by atoms with Crippen molar-refractivity contribution in [3.05, 3.63) is 51.3 Å². The number of halogens is 1. The molecule has 0 N–H and O–H groups in total. The first-order valence-electron chi connectivity index (χ1n) is 7.08. The Bertz CT molecular complexity index is 889. The number of nitrogens with zero attached hydrogens (tertiary/aromatic N) is 4. The Morgan fingerprint density at radius 3 is 2.57 bits per heavy atom. The minimum absolute atomic E-state index is 0.00559. The predicted octanol–water partition coefficient (Wildman–Crippen LogP) is 4.00. The van der Waals surface area contributed by atoms with E-state index in [4.69, 9.17) is 0 Å². The maximum Gasteiger partial charge on any atom is 0.253 e. The molecule has 0 saturated heterocycles. The summed E-state index contributed by atoms with van der Waals surface area (Å²) in [6, 6.07) is 8.16. The van der Waals surface area contributed by atoms with E-state index in [1.54, 1.807) is 23.2 Å². The number of benzene rings is 1. The average Bonchev–Trinajstić information content (AvgIpc) is 2.89. The molecule has 0 amide bonds. The van der Waals surface area contributed by atoms with E-state index in [0.29, 0.717) is 22.2 Å². The van der Waals surface area contributed by atoms with E-state index in [0.717, 1.165) is 15.9 Å². The maximum atomic E-state index is 11.8. The van der Waals surface area contributed by atoms with E-state index < -0.39 is 0 Å². The number of thioether (sulfide) groups is 1. The highest BCUT2D eigenvalue weighted by atomic mass is 79.9. The first kappa shape index (κ1) is 16.1. The number of fused-ring (bicyclic) bond motifs is 1. The van der Waals surface area contributed by atoms with Crippen LogP contribution in [0.15, 0.2) is 33.9 Å².